The van der Waals surface area contributed by atoms with Crippen LogP contribution in [0.5, 0.6) is 5.75 Å². The lowest BCUT2D eigenvalue weighted by atomic mass is 10.0. The van der Waals surface area contributed by atoms with Gasteiger partial charge in [-0.15, -0.1) is 0 Å². The molecule has 0 aromatic heterocycles. The van der Waals surface area contributed by atoms with Crippen molar-refractivity contribution in [1.29, 1.82) is 0 Å². The SMILES string of the molecule is Cc1cc(-c2ccccc2OC(C)C)ccc1N. The van der Waals surface area contributed by atoms with Crippen LogP contribution in [0.4, 0.5) is 5.69 Å². The van der Waals surface area contributed by atoms with Crippen LogP contribution in [0, 0.1) is 6.92 Å². The van der Waals surface area contributed by atoms with Crippen molar-refractivity contribution in [2.75, 3.05) is 5.73 Å². The molecule has 0 atom stereocenters. The maximum Gasteiger partial charge on any atom is 0.127 e. The Labute approximate surface area is 108 Å². The van der Waals surface area contributed by atoms with Crippen molar-refractivity contribution >= 4 is 5.69 Å². The van der Waals surface area contributed by atoms with Crippen molar-refractivity contribution in [3.8, 4) is 16.9 Å². The molecule has 0 aliphatic rings. The van der Waals surface area contributed by atoms with Crippen LogP contribution >= 0.6 is 0 Å². The molecule has 0 unspecified atom stereocenters. The van der Waals surface area contributed by atoms with Gasteiger partial charge in [-0.3, -0.25) is 0 Å². The van der Waals surface area contributed by atoms with Crippen LogP contribution in [0.2, 0.25) is 0 Å². The van der Waals surface area contributed by atoms with Gasteiger partial charge in [0.15, 0.2) is 0 Å². The number of nitrogens with two attached hydrogens (primary N) is 1. The van der Waals surface area contributed by atoms with E-state index in [9.17, 15) is 0 Å². The number of rotatable bonds is 3. The Morgan fingerprint density at radius 1 is 1.06 bits per heavy atom. The quantitative estimate of drug-likeness (QED) is 0.823. The lowest BCUT2D eigenvalue weighted by Gasteiger charge is -2.15. The Balaban J connectivity index is 2.46. The molecule has 2 aromatic carbocycles. The predicted molar refractivity (Wildman–Crippen MR) is 76.8 cm³/mol. The summed E-state index contributed by atoms with van der Waals surface area (Å²) in [6.45, 7) is 6.08. The van der Waals surface area contributed by atoms with Crippen molar-refractivity contribution in [2.45, 2.75) is 26.9 Å². The van der Waals surface area contributed by atoms with Crippen molar-refractivity contribution in [3.63, 3.8) is 0 Å². The van der Waals surface area contributed by atoms with Crippen LogP contribution in [0.1, 0.15) is 19.4 Å². The van der Waals surface area contributed by atoms with Crippen LogP contribution in [0.3, 0.4) is 0 Å². The molecule has 0 spiro atoms. The second-order valence-electron chi connectivity index (χ2n) is 4.73. The number of hydrogen-bond acceptors (Lipinski definition) is 2. The van der Waals surface area contributed by atoms with Crippen molar-refractivity contribution in [2.24, 2.45) is 0 Å². The third-order valence-electron chi connectivity index (χ3n) is 2.83. The normalized spacial score (nSPS) is 10.7. The number of aryl methyl sites for hydroxylation is 1. The number of benzene rings is 2. The third kappa shape index (κ3) is 2.65. The van der Waals surface area contributed by atoms with E-state index in [0.29, 0.717) is 0 Å². The summed E-state index contributed by atoms with van der Waals surface area (Å²) in [6.07, 6.45) is 0.168. The van der Waals surface area contributed by atoms with E-state index >= 15 is 0 Å². The summed E-state index contributed by atoms with van der Waals surface area (Å²) in [5.74, 6) is 0.914. The van der Waals surface area contributed by atoms with Gasteiger partial charge in [-0.25, -0.2) is 0 Å². The van der Waals surface area contributed by atoms with E-state index in [1.54, 1.807) is 0 Å². The second-order valence-corrected chi connectivity index (χ2v) is 4.73. The number of hydrogen-bond donors (Lipinski definition) is 1. The Kier molecular flexibility index (Phi) is 3.56. The predicted octanol–water partition coefficient (Wildman–Crippen LogP) is 4.03. The summed E-state index contributed by atoms with van der Waals surface area (Å²) < 4.78 is 5.84. The first-order valence-corrected chi connectivity index (χ1v) is 6.20. The highest BCUT2D eigenvalue weighted by Gasteiger charge is 2.08. The summed E-state index contributed by atoms with van der Waals surface area (Å²) in [4.78, 5) is 0. The van der Waals surface area contributed by atoms with E-state index in [1.165, 1.54) is 0 Å². The van der Waals surface area contributed by atoms with Gasteiger partial charge in [0.1, 0.15) is 5.75 Å². The molecule has 0 heterocycles. The highest BCUT2D eigenvalue weighted by atomic mass is 16.5. The molecule has 94 valence electrons. The smallest absolute Gasteiger partial charge is 0.127 e. The first-order chi connectivity index (χ1) is 8.58. The molecule has 0 aliphatic heterocycles. The van der Waals surface area contributed by atoms with Crippen LogP contribution in [0.15, 0.2) is 42.5 Å². The number of para-hydroxylation sites is 1. The first-order valence-electron chi connectivity index (χ1n) is 6.20. The molecule has 2 rings (SSSR count). The lowest BCUT2D eigenvalue weighted by molar-refractivity contribution is 0.243. The molecule has 0 aliphatic carbocycles. The summed E-state index contributed by atoms with van der Waals surface area (Å²) in [5, 5.41) is 0. The van der Waals surface area contributed by atoms with E-state index in [2.05, 4.69) is 12.1 Å². The van der Waals surface area contributed by atoms with Crippen molar-refractivity contribution in [1.82, 2.24) is 0 Å². The summed E-state index contributed by atoms with van der Waals surface area (Å²) >= 11 is 0. The maximum absolute atomic E-state index is 5.85. The number of anilines is 1. The van der Waals surface area contributed by atoms with Gasteiger partial charge in [0, 0.05) is 11.3 Å². The summed E-state index contributed by atoms with van der Waals surface area (Å²) in [5.41, 5.74) is 10.0. The van der Waals surface area contributed by atoms with Crippen LogP contribution in [0.25, 0.3) is 11.1 Å². The molecular formula is C16H19NO. The van der Waals surface area contributed by atoms with Crippen LogP contribution in [-0.2, 0) is 0 Å². The molecule has 2 heteroatoms. The standard InChI is InChI=1S/C16H19NO/c1-11(2)18-16-7-5-4-6-14(16)13-8-9-15(17)12(3)10-13/h4-11H,17H2,1-3H3. The van der Waals surface area contributed by atoms with Gasteiger partial charge >= 0.3 is 0 Å². The van der Waals surface area contributed by atoms with Gasteiger partial charge in [0.25, 0.3) is 0 Å². The molecule has 0 amide bonds. The fourth-order valence-corrected chi connectivity index (χ4v) is 1.91. The van der Waals surface area contributed by atoms with Gasteiger partial charge in [0.05, 0.1) is 6.10 Å². The summed E-state index contributed by atoms with van der Waals surface area (Å²) in [6, 6.07) is 14.2. The van der Waals surface area contributed by atoms with Gasteiger partial charge < -0.3 is 10.5 Å². The van der Waals surface area contributed by atoms with Gasteiger partial charge in [0.2, 0.25) is 0 Å². The molecule has 2 N–H and O–H groups in total. The zero-order valence-electron chi connectivity index (χ0n) is 11.1. The maximum atomic E-state index is 5.85. The van der Waals surface area contributed by atoms with E-state index in [4.69, 9.17) is 10.5 Å². The van der Waals surface area contributed by atoms with E-state index in [1.807, 2.05) is 51.1 Å². The molecule has 0 fully saturated rings. The zero-order chi connectivity index (χ0) is 13.1. The Morgan fingerprint density at radius 2 is 1.78 bits per heavy atom. The fraction of sp³-hybridized carbons (Fsp3) is 0.250. The minimum atomic E-state index is 0.168. The highest BCUT2D eigenvalue weighted by Crippen LogP contribution is 2.32. The van der Waals surface area contributed by atoms with Gasteiger partial charge in [-0.1, -0.05) is 24.3 Å². The third-order valence-corrected chi connectivity index (χ3v) is 2.83. The molecule has 0 saturated heterocycles. The van der Waals surface area contributed by atoms with Gasteiger partial charge in [-0.05, 0) is 50.1 Å². The fourth-order valence-electron chi connectivity index (χ4n) is 1.91. The van der Waals surface area contributed by atoms with Gasteiger partial charge in [-0.2, -0.15) is 0 Å². The minimum Gasteiger partial charge on any atom is -0.490 e. The van der Waals surface area contributed by atoms with Crippen molar-refractivity contribution < 1.29 is 4.74 Å². The number of ether oxygens (including phenoxy) is 1. The average Bonchev–Trinajstić information content (AvgIpc) is 2.33. The average molecular weight is 241 g/mol. The molecular weight excluding hydrogens is 222 g/mol. The topological polar surface area (TPSA) is 35.2 Å². The first kappa shape index (κ1) is 12.5. The van der Waals surface area contributed by atoms with E-state index in [0.717, 1.165) is 28.1 Å². The lowest BCUT2D eigenvalue weighted by Crippen LogP contribution is -2.06. The monoisotopic (exact) mass is 241 g/mol. The van der Waals surface area contributed by atoms with Crippen LogP contribution in [-0.4, -0.2) is 6.10 Å². The molecule has 18 heavy (non-hydrogen) atoms. The molecule has 0 saturated carbocycles. The Hall–Kier alpha value is -1.96. The Morgan fingerprint density at radius 3 is 2.44 bits per heavy atom. The number of nitrogen functional groups attached to an aromatic ring is 1. The minimum absolute atomic E-state index is 0.168. The molecule has 0 radical (unpaired) electrons. The molecule has 0 bridgehead atoms. The molecule has 2 nitrogen and oxygen atoms in total. The Bertz CT molecular complexity index is 547. The van der Waals surface area contributed by atoms with E-state index in [-0.39, 0.29) is 6.10 Å². The molecule has 2 aromatic rings. The zero-order valence-corrected chi connectivity index (χ0v) is 11.1. The van der Waals surface area contributed by atoms with Crippen molar-refractivity contribution in [3.05, 3.63) is 48.0 Å². The van der Waals surface area contributed by atoms with E-state index < -0.39 is 0 Å². The van der Waals surface area contributed by atoms with Crippen LogP contribution < -0.4 is 10.5 Å². The largest absolute Gasteiger partial charge is 0.490 e. The summed E-state index contributed by atoms with van der Waals surface area (Å²) in [7, 11) is 0. The second kappa shape index (κ2) is 5.13. The highest BCUT2D eigenvalue weighted by molar-refractivity contribution is 5.73.